The summed E-state index contributed by atoms with van der Waals surface area (Å²) >= 11 is 0. The van der Waals surface area contributed by atoms with E-state index in [1.807, 2.05) is 0 Å². The minimum Gasteiger partial charge on any atom is -0.354 e. The number of nitrogens with one attached hydrogen (secondary N) is 1. The Bertz CT molecular complexity index is 574. The average molecular weight is 243 g/mol. The molecule has 2 rings (SSSR count). The second-order valence-electron chi connectivity index (χ2n) is 3.36. The van der Waals surface area contributed by atoms with Crippen LogP contribution in [0.25, 0.3) is 5.65 Å². The van der Waals surface area contributed by atoms with Crippen molar-refractivity contribution in [2.45, 2.75) is 6.18 Å². The van der Waals surface area contributed by atoms with E-state index >= 15 is 0 Å². The number of carbonyl (C=O) groups is 1. The highest BCUT2D eigenvalue weighted by Crippen LogP contribution is 2.29. The molecular weight excluding hydrogens is 235 g/mol. The molecule has 0 aliphatic rings. The molecule has 0 aliphatic carbocycles. The first-order chi connectivity index (χ1) is 7.93. The fourth-order valence-electron chi connectivity index (χ4n) is 1.45. The Balaban J connectivity index is 2.56. The van der Waals surface area contributed by atoms with Crippen molar-refractivity contribution in [1.82, 2.24) is 14.7 Å². The van der Waals surface area contributed by atoms with Crippen LogP contribution >= 0.6 is 0 Å². The summed E-state index contributed by atoms with van der Waals surface area (Å²) in [7, 11) is 1.44. The summed E-state index contributed by atoms with van der Waals surface area (Å²) in [6.07, 6.45) is -2.01. The largest absolute Gasteiger partial charge is 0.416 e. The zero-order chi connectivity index (χ0) is 12.6. The van der Waals surface area contributed by atoms with Crippen LogP contribution in [0.5, 0.6) is 0 Å². The van der Waals surface area contributed by atoms with E-state index in [9.17, 15) is 18.0 Å². The highest BCUT2D eigenvalue weighted by atomic mass is 19.4. The zero-order valence-electron chi connectivity index (χ0n) is 8.75. The monoisotopic (exact) mass is 243 g/mol. The van der Waals surface area contributed by atoms with E-state index in [4.69, 9.17) is 0 Å². The molecule has 4 nitrogen and oxygen atoms in total. The highest BCUT2D eigenvalue weighted by molar-refractivity contribution is 5.93. The number of imidazole rings is 1. The highest BCUT2D eigenvalue weighted by Gasteiger charge is 2.31. The average Bonchev–Trinajstić information content (AvgIpc) is 2.69. The molecule has 0 spiro atoms. The lowest BCUT2D eigenvalue weighted by atomic mass is 10.2. The number of amides is 1. The number of alkyl halides is 3. The first kappa shape index (κ1) is 11.4. The molecular formula is C10H8F3N3O. The molecule has 0 unspecified atom stereocenters. The molecule has 0 saturated carbocycles. The molecule has 17 heavy (non-hydrogen) atoms. The van der Waals surface area contributed by atoms with Gasteiger partial charge >= 0.3 is 6.18 Å². The number of aromatic nitrogens is 2. The summed E-state index contributed by atoms with van der Waals surface area (Å²) < 4.78 is 38.6. The van der Waals surface area contributed by atoms with Crippen LogP contribution < -0.4 is 5.32 Å². The van der Waals surface area contributed by atoms with Gasteiger partial charge in [0.15, 0.2) is 0 Å². The zero-order valence-corrected chi connectivity index (χ0v) is 8.75. The van der Waals surface area contributed by atoms with Gasteiger partial charge in [-0.1, -0.05) is 0 Å². The molecule has 2 aromatic heterocycles. The first-order valence-electron chi connectivity index (χ1n) is 4.70. The smallest absolute Gasteiger partial charge is 0.354 e. The molecule has 0 radical (unpaired) electrons. The van der Waals surface area contributed by atoms with Gasteiger partial charge in [0.1, 0.15) is 11.3 Å². The van der Waals surface area contributed by atoms with Gasteiger partial charge in [0, 0.05) is 13.2 Å². The molecule has 2 heterocycles. The van der Waals surface area contributed by atoms with Crippen molar-refractivity contribution in [2.24, 2.45) is 0 Å². The van der Waals surface area contributed by atoms with Crippen molar-refractivity contribution in [3.63, 3.8) is 0 Å². The predicted molar refractivity (Wildman–Crippen MR) is 53.6 cm³/mol. The van der Waals surface area contributed by atoms with E-state index in [1.54, 1.807) is 0 Å². The molecule has 0 saturated heterocycles. The van der Waals surface area contributed by atoms with Crippen LogP contribution in [0.15, 0.2) is 24.5 Å². The summed E-state index contributed by atoms with van der Waals surface area (Å²) in [6.45, 7) is 0. The topological polar surface area (TPSA) is 46.4 Å². The van der Waals surface area contributed by atoms with Crippen LogP contribution in [0.2, 0.25) is 0 Å². The Morgan fingerprint density at radius 3 is 2.76 bits per heavy atom. The Morgan fingerprint density at radius 1 is 1.47 bits per heavy atom. The van der Waals surface area contributed by atoms with E-state index in [-0.39, 0.29) is 11.3 Å². The number of hydrogen-bond acceptors (Lipinski definition) is 2. The van der Waals surface area contributed by atoms with Gasteiger partial charge in [0.05, 0.1) is 11.8 Å². The molecule has 0 aliphatic heterocycles. The minimum atomic E-state index is -4.42. The van der Waals surface area contributed by atoms with E-state index in [1.165, 1.54) is 23.8 Å². The minimum absolute atomic E-state index is 0.0819. The number of hydrogen-bond donors (Lipinski definition) is 1. The van der Waals surface area contributed by atoms with Crippen molar-refractivity contribution in [1.29, 1.82) is 0 Å². The van der Waals surface area contributed by atoms with Crippen LogP contribution in [0.1, 0.15) is 16.1 Å². The molecule has 2 aromatic rings. The van der Waals surface area contributed by atoms with Crippen molar-refractivity contribution >= 4 is 11.6 Å². The number of carbonyl (C=O) groups excluding carboxylic acids is 1. The van der Waals surface area contributed by atoms with Crippen molar-refractivity contribution < 1.29 is 18.0 Å². The number of rotatable bonds is 1. The summed E-state index contributed by atoms with van der Waals surface area (Å²) in [5, 5.41) is 2.38. The van der Waals surface area contributed by atoms with Crippen LogP contribution in [0, 0.1) is 0 Å². The van der Waals surface area contributed by atoms with Gasteiger partial charge < -0.3 is 5.32 Å². The molecule has 0 bridgehead atoms. The van der Waals surface area contributed by atoms with Gasteiger partial charge in [-0.2, -0.15) is 13.2 Å². The summed E-state index contributed by atoms with van der Waals surface area (Å²) in [4.78, 5) is 15.1. The van der Waals surface area contributed by atoms with Gasteiger partial charge in [-0.3, -0.25) is 9.20 Å². The lowest BCUT2D eigenvalue weighted by Crippen LogP contribution is -2.19. The molecule has 7 heteroatoms. The van der Waals surface area contributed by atoms with Crippen molar-refractivity contribution in [3.05, 3.63) is 35.8 Å². The quantitative estimate of drug-likeness (QED) is 0.828. The van der Waals surface area contributed by atoms with Crippen LogP contribution in [-0.4, -0.2) is 22.3 Å². The van der Waals surface area contributed by atoms with Crippen LogP contribution in [-0.2, 0) is 6.18 Å². The number of fused-ring (bicyclic) bond motifs is 1. The lowest BCUT2D eigenvalue weighted by molar-refractivity contribution is -0.137. The lowest BCUT2D eigenvalue weighted by Gasteiger charge is -2.07. The maximum absolute atomic E-state index is 12.4. The Hall–Kier alpha value is -2.05. The molecule has 1 amide bonds. The Labute approximate surface area is 94.1 Å². The molecule has 0 atom stereocenters. The fourth-order valence-corrected chi connectivity index (χ4v) is 1.45. The van der Waals surface area contributed by atoms with Gasteiger partial charge in [-0.25, -0.2) is 4.98 Å². The number of pyridine rings is 1. The van der Waals surface area contributed by atoms with E-state index in [0.717, 1.165) is 12.1 Å². The second kappa shape index (κ2) is 3.76. The second-order valence-corrected chi connectivity index (χ2v) is 3.36. The van der Waals surface area contributed by atoms with Crippen molar-refractivity contribution in [2.75, 3.05) is 7.05 Å². The Morgan fingerprint density at radius 2 is 2.18 bits per heavy atom. The van der Waals surface area contributed by atoms with E-state index < -0.39 is 17.6 Å². The van der Waals surface area contributed by atoms with Gasteiger partial charge in [0.25, 0.3) is 5.91 Å². The summed E-state index contributed by atoms with van der Waals surface area (Å²) in [5.74, 6) is -0.405. The maximum atomic E-state index is 12.4. The predicted octanol–water partition coefficient (Wildman–Crippen LogP) is 1.71. The molecule has 1 N–H and O–H groups in total. The standard InChI is InChI=1S/C10H8F3N3O/c1-14-9(17)7-5-15-8-4-6(10(11,12)13)2-3-16(7)8/h2-5H,1H3,(H,14,17). The van der Waals surface area contributed by atoms with Crippen LogP contribution in [0.4, 0.5) is 13.2 Å². The maximum Gasteiger partial charge on any atom is 0.416 e. The SMILES string of the molecule is CNC(=O)c1cnc2cc(C(F)(F)F)ccn12. The third-order valence-electron chi connectivity index (χ3n) is 2.30. The third kappa shape index (κ3) is 1.95. The third-order valence-corrected chi connectivity index (χ3v) is 2.30. The fraction of sp³-hybridized carbons (Fsp3) is 0.200. The van der Waals surface area contributed by atoms with Gasteiger partial charge in [0.2, 0.25) is 0 Å². The van der Waals surface area contributed by atoms with Gasteiger partial charge in [-0.15, -0.1) is 0 Å². The molecule has 0 fully saturated rings. The molecule has 0 aromatic carbocycles. The van der Waals surface area contributed by atoms with E-state index in [0.29, 0.717) is 0 Å². The van der Waals surface area contributed by atoms with Crippen molar-refractivity contribution in [3.8, 4) is 0 Å². The normalized spacial score (nSPS) is 11.8. The molecule has 90 valence electrons. The van der Waals surface area contributed by atoms with Gasteiger partial charge in [-0.05, 0) is 12.1 Å². The van der Waals surface area contributed by atoms with Crippen LogP contribution in [0.3, 0.4) is 0 Å². The Kier molecular flexibility index (Phi) is 2.53. The van der Waals surface area contributed by atoms with E-state index in [2.05, 4.69) is 10.3 Å². The number of nitrogens with zero attached hydrogens (tertiary/aromatic N) is 2. The first-order valence-corrected chi connectivity index (χ1v) is 4.70. The number of halogens is 3. The summed E-state index contributed by atoms with van der Waals surface area (Å²) in [6, 6.07) is 1.80. The summed E-state index contributed by atoms with van der Waals surface area (Å²) in [5.41, 5.74) is -0.520.